The topological polar surface area (TPSA) is 118 Å². The quantitative estimate of drug-likeness (QED) is 0.164. The fraction of sp³-hybridized carbons (Fsp3) is 0.526. The van der Waals surface area contributed by atoms with Crippen LogP contribution in [0.4, 0.5) is 0 Å². The summed E-state index contributed by atoms with van der Waals surface area (Å²) in [5.74, 6) is 4.59. The highest BCUT2D eigenvalue weighted by Gasteiger charge is 2.43. The van der Waals surface area contributed by atoms with Gasteiger partial charge in [-0.2, -0.15) is 0 Å². The number of ether oxygens (including phenoxy) is 4. The van der Waals surface area contributed by atoms with Crippen molar-refractivity contribution in [3.05, 3.63) is 58.7 Å². The van der Waals surface area contributed by atoms with E-state index in [4.69, 9.17) is 18.9 Å². The molecule has 3 aromatic carbocycles. The Morgan fingerprint density at radius 1 is 0.958 bits per heavy atom. The van der Waals surface area contributed by atoms with Gasteiger partial charge >= 0.3 is 0 Å². The summed E-state index contributed by atoms with van der Waals surface area (Å²) in [5.41, 5.74) is 5.81. The summed E-state index contributed by atoms with van der Waals surface area (Å²) in [7, 11) is 5.14. The molecule has 0 aromatic heterocycles. The van der Waals surface area contributed by atoms with Crippen molar-refractivity contribution in [2.75, 3.05) is 38.4 Å². The highest BCUT2D eigenvalue weighted by atomic mass is 33.1. The van der Waals surface area contributed by atoms with Gasteiger partial charge in [0.05, 0.1) is 20.3 Å². The minimum atomic E-state index is -0.902. The first-order valence-corrected chi connectivity index (χ1v) is 19.6. The van der Waals surface area contributed by atoms with Gasteiger partial charge in [-0.05, 0) is 84.4 Å². The summed E-state index contributed by atoms with van der Waals surface area (Å²) in [6.07, 6.45) is 3.06. The predicted molar refractivity (Wildman–Crippen MR) is 192 cm³/mol. The second-order valence-corrected chi connectivity index (χ2v) is 16.3. The minimum Gasteiger partial charge on any atom is -0.508 e. The van der Waals surface area contributed by atoms with Gasteiger partial charge < -0.3 is 39.4 Å². The molecular weight excluding hydrogens is 649 g/mol. The summed E-state index contributed by atoms with van der Waals surface area (Å²) >= 11 is 0. The van der Waals surface area contributed by atoms with Gasteiger partial charge in [0.15, 0.2) is 17.6 Å². The average molecular weight is 697 g/mol. The molecule has 5 atom stereocenters. The molecule has 2 aliphatic heterocycles. The highest BCUT2D eigenvalue weighted by Crippen LogP contribution is 2.56. The Morgan fingerprint density at radius 2 is 1.75 bits per heavy atom. The van der Waals surface area contributed by atoms with Crippen molar-refractivity contribution in [1.29, 1.82) is 0 Å². The molecule has 3 aromatic rings. The van der Waals surface area contributed by atoms with Gasteiger partial charge in [-0.3, -0.25) is 0 Å². The van der Waals surface area contributed by atoms with E-state index in [-0.39, 0.29) is 42.3 Å². The Hall–Kier alpha value is -2.92. The van der Waals surface area contributed by atoms with Crippen LogP contribution in [0.3, 0.4) is 0 Å². The van der Waals surface area contributed by atoms with Crippen molar-refractivity contribution in [1.82, 2.24) is 0 Å². The number of phenolic OH excluding ortho intramolecular Hbond substituents is 2. The van der Waals surface area contributed by atoms with Crippen LogP contribution in [0.2, 0.25) is 0 Å². The Labute approximate surface area is 291 Å². The molecule has 4 N–H and O–H groups in total. The Balaban J connectivity index is 1.50. The fourth-order valence-corrected chi connectivity index (χ4v) is 9.84. The zero-order valence-electron chi connectivity index (χ0n) is 28.2. The van der Waals surface area contributed by atoms with Crippen molar-refractivity contribution in [3.63, 3.8) is 0 Å². The molecule has 0 amide bonds. The van der Waals surface area contributed by atoms with E-state index in [9.17, 15) is 20.4 Å². The van der Waals surface area contributed by atoms with Crippen LogP contribution in [-0.4, -0.2) is 65.0 Å². The van der Waals surface area contributed by atoms with Crippen LogP contribution in [0.15, 0.2) is 36.4 Å². The molecule has 8 nitrogen and oxygen atoms in total. The number of phenols is 2. The third-order valence-electron chi connectivity index (χ3n) is 9.89. The second kappa shape index (κ2) is 15.3. The fourth-order valence-electron chi connectivity index (χ4n) is 7.24. The van der Waals surface area contributed by atoms with E-state index in [2.05, 4.69) is 20.8 Å². The van der Waals surface area contributed by atoms with E-state index < -0.39 is 12.2 Å². The molecule has 0 saturated carbocycles. The van der Waals surface area contributed by atoms with Gasteiger partial charge in [-0.25, -0.2) is 0 Å². The first kappa shape index (κ1) is 34.9. The maximum Gasteiger partial charge on any atom is 0.200 e. The van der Waals surface area contributed by atoms with Gasteiger partial charge in [-0.15, -0.1) is 0 Å². The third-order valence-corrected chi connectivity index (χ3v) is 12.4. The lowest BCUT2D eigenvalue weighted by Crippen LogP contribution is -2.37. The molecular formula is C38H48O8S2. The normalized spacial score (nSPS) is 23.6. The van der Waals surface area contributed by atoms with Crippen molar-refractivity contribution >= 4 is 21.6 Å². The van der Waals surface area contributed by atoms with Gasteiger partial charge in [0, 0.05) is 40.2 Å². The summed E-state index contributed by atoms with van der Waals surface area (Å²) in [5, 5.41) is 43.5. The van der Waals surface area contributed by atoms with Gasteiger partial charge in [0.2, 0.25) is 5.75 Å². The maximum absolute atomic E-state index is 12.3. The average Bonchev–Trinajstić information content (AvgIpc) is 3.07. The standard InChI is InChI=1S/C38H48O8S2/c1-21(2)9-12-44-33-17-24(16-32(43-4)37(33)42)38-36(41)29-20-48-47-14-10-22(3)5-6-23-15-28-34(26-8-7-25(40)18-27(23)26)30(45-13-11-39)19-31(46-38)35(28)29/h7-8,16-19,21-23,29,36,38-42H,5-6,9-15,20H2,1-4H3/t22-,23-,29+,36-,38+/m1/s1. The van der Waals surface area contributed by atoms with Crippen molar-refractivity contribution in [2.45, 2.75) is 76.9 Å². The third kappa shape index (κ3) is 7.18. The lowest BCUT2D eigenvalue weighted by molar-refractivity contribution is 0.00412. The van der Waals surface area contributed by atoms with Crippen molar-refractivity contribution in [2.24, 2.45) is 11.8 Å². The summed E-state index contributed by atoms with van der Waals surface area (Å²) in [6, 6.07) is 11.0. The lowest BCUT2D eigenvalue weighted by atomic mass is 9.71. The molecule has 0 radical (unpaired) electrons. The van der Waals surface area contributed by atoms with Crippen LogP contribution in [0, 0.1) is 11.8 Å². The molecule has 6 rings (SSSR count). The Bertz CT molecular complexity index is 1590. The smallest absolute Gasteiger partial charge is 0.200 e. The number of methoxy groups -OCH3 is 1. The van der Waals surface area contributed by atoms with Gasteiger partial charge in [0.1, 0.15) is 30.0 Å². The molecule has 10 heteroatoms. The first-order chi connectivity index (χ1) is 23.2. The second-order valence-electron chi connectivity index (χ2n) is 13.7. The molecule has 0 spiro atoms. The molecule has 48 heavy (non-hydrogen) atoms. The van der Waals surface area contributed by atoms with E-state index in [1.807, 2.05) is 29.0 Å². The number of hydrogen-bond donors (Lipinski definition) is 4. The number of hydrogen-bond acceptors (Lipinski definition) is 10. The molecule has 0 saturated heterocycles. The zero-order valence-corrected chi connectivity index (χ0v) is 29.9. The molecule has 0 unspecified atom stereocenters. The molecule has 2 bridgehead atoms. The summed E-state index contributed by atoms with van der Waals surface area (Å²) in [4.78, 5) is 0. The number of aromatic hydroxyl groups is 2. The van der Waals surface area contributed by atoms with E-state index in [0.717, 1.165) is 65.7 Å². The molecule has 1 aliphatic carbocycles. The number of fused-ring (bicyclic) bond motifs is 4. The minimum absolute atomic E-state index is 0.0801. The zero-order chi connectivity index (χ0) is 33.9. The predicted octanol–water partition coefficient (Wildman–Crippen LogP) is 7.99. The van der Waals surface area contributed by atoms with E-state index >= 15 is 0 Å². The molecule has 0 fully saturated rings. The van der Waals surface area contributed by atoms with E-state index in [1.165, 1.54) is 7.11 Å². The number of aliphatic hydroxyl groups excluding tert-OH is 2. The Kier molecular flexibility index (Phi) is 11.1. The van der Waals surface area contributed by atoms with Gasteiger partial charge in [-0.1, -0.05) is 54.8 Å². The lowest BCUT2D eigenvalue weighted by Gasteiger charge is -2.41. The number of benzene rings is 3. The van der Waals surface area contributed by atoms with Crippen LogP contribution in [-0.2, 0) is 6.42 Å². The van der Waals surface area contributed by atoms with Crippen molar-refractivity contribution in [3.8, 4) is 45.6 Å². The molecule has 3 aliphatic rings. The van der Waals surface area contributed by atoms with Crippen molar-refractivity contribution < 1.29 is 39.4 Å². The summed E-state index contributed by atoms with van der Waals surface area (Å²) < 4.78 is 24.6. The van der Waals surface area contributed by atoms with E-state index in [0.29, 0.717) is 47.0 Å². The Morgan fingerprint density at radius 3 is 2.52 bits per heavy atom. The summed E-state index contributed by atoms with van der Waals surface area (Å²) in [6.45, 7) is 6.97. The van der Waals surface area contributed by atoms with E-state index in [1.54, 1.807) is 29.0 Å². The van der Waals surface area contributed by atoms with Crippen LogP contribution < -0.4 is 18.9 Å². The van der Waals surface area contributed by atoms with Crippen LogP contribution in [0.1, 0.15) is 86.6 Å². The first-order valence-electron chi connectivity index (χ1n) is 17.1. The largest absolute Gasteiger partial charge is 0.508 e. The molecule has 260 valence electrons. The van der Waals surface area contributed by atoms with Gasteiger partial charge in [0.25, 0.3) is 0 Å². The van der Waals surface area contributed by atoms with Crippen LogP contribution in [0.25, 0.3) is 11.1 Å². The van der Waals surface area contributed by atoms with Crippen LogP contribution >= 0.6 is 21.6 Å². The molecule has 2 heterocycles. The monoisotopic (exact) mass is 696 g/mol. The number of aliphatic hydroxyl groups is 2. The highest BCUT2D eigenvalue weighted by molar-refractivity contribution is 8.76. The number of rotatable bonds is 9. The SMILES string of the molecule is COc1cc([C@@H]2Oc3cc(OCCO)c4c5c3[C@H](CSSCC[C@H](C)CC[C@H](C5)c3cc(O)ccc3-4)[C@H]2O)cc(OCCC(C)C)c1O. The van der Waals surface area contributed by atoms with Crippen LogP contribution in [0.5, 0.6) is 34.5 Å². The maximum atomic E-state index is 12.3.